The van der Waals surface area contributed by atoms with Crippen LogP contribution in [0.3, 0.4) is 0 Å². The smallest absolute Gasteiger partial charge is 0.321 e. The number of ether oxygens (including phenoxy) is 1. The topological polar surface area (TPSA) is 101 Å². The second-order valence-electron chi connectivity index (χ2n) is 6.36. The molecule has 1 aromatic heterocycles. The highest BCUT2D eigenvalue weighted by Gasteiger charge is 2.10. The number of nitrogens with zero attached hydrogens (tertiary/aromatic N) is 1. The lowest BCUT2D eigenvalue weighted by Gasteiger charge is -2.12. The first kappa shape index (κ1) is 21.0. The van der Waals surface area contributed by atoms with Crippen molar-refractivity contribution in [2.24, 2.45) is 0 Å². The van der Waals surface area contributed by atoms with Crippen LogP contribution in [0.1, 0.15) is 41.5 Å². The summed E-state index contributed by atoms with van der Waals surface area (Å²) in [6, 6.07) is 9.70. The fraction of sp³-hybridized carbons (Fsp3) is 0.350. The van der Waals surface area contributed by atoms with Crippen LogP contribution in [0.2, 0.25) is 0 Å². The summed E-state index contributed by atoms with van der Waals surface area (Å²) in [6.07, 6.45) is 1.80. The van der Waals surface area contributed by atoms with Crippen molar-refractivity contribution in [3.63, 3.8) is 0 Å². The number of amides is 4. The number of aromatic nitrogens is 1. The van der Waals surface area contributed by atoms with E-state index < -0.39 is 11.9 Å². The highest BCUT2D eigenvalue weighted by atomic mass is 16.5. The second-order valence-corrected chi connectivity index (χ2v) is 6.36. The number of unbranched alkanes of at least 4 members (excludes halogenated alkanes) is 1. The zero-order chi connectivity index (χ0) is 20.5. The number of aryl methyl sites for hydroxylation is 2. The Morgan fingerprint density at radius 3 is 2.25 bits per heavy atom. The average Bonchev–Trinajstić information content (AvgIpc) is 2.99. The van der Waals surface area contributed by atoms with Crippen LogP contribution in [0.25, 0.3) is 0 Å². The highest BCUT2D eigenvalue weighted by molar-refractivity contribution is 6.00. The monoisotopic (exact) mass is 386 g/mol. The van der Waals surface area contributed by atoms with Crippen molar-refractivity contribution in [3.8, 4) is 5.75 Å². The molecule has 28 heavy (non-hydrogen) atoms. The van der Waals surface area contributed by atoms with Gasteiger partial charge in [-0.05, 0) is 56.7 Å². The molecule has 0 aliphatic heterocycles. The summed E-state index contributed by atoms with van der Waals surface area (Å²) in [5, 5.41) is 4.78. The van der Waals surface area contributed by atoms with Gasteiger partial charge in [0, 0.05) is 23.5 Å². The SMILES string of the molecule is CCCCNC(=O)NC(=O)COc1ccc(C(=O)Nn2c(C)ccc2C)cc1. The zero-order valence-corrected chi connectivity index (χ0v) is 16.4. The van der Waals surface area contributed by atoms with Gasteiger partial charge in [0.1, 0.15) is 5.75 Å². The van der Waals surface area contributed by atoms with Crippen LogP contribution in [0.15, 0.2) is 36.4 Å². The molecule has 0 fully saturated rings. The van der Waals surface area contributed by atoms with Crippen LogP contribution in [-0.4, -0.2) is 35.7 Å². The molecule has 0 spiro atoms. The third-order valence-corrected chi connectivity index (χ3v) is 4.04. The molecular weight excluding hydrogens is 360 g/mol. The highest BCUT2D eigenvalue weighted by Crippen LogP contribution is 2.13. The minimum atomic E-state index is -0.547. The molecule has 8 nitrogen and oxygen atoms in total. The van der Waals surface area contributed by atoms with Crippen LogP contribution in [0.4, 0.5) is 4.79 Å². The van der Waals surface area contributed by atoms with Crippen LogP contribution < -0.4 is 20.8 Å². The number of hydrogen-bond acceptors (Lipinski definition) is 4. The summed E-state index contributed by atoms with van der Waals surface area (Å²) in [7, 11) is 0. The minimum absolute atomic E-state index is 0.254. The molecule has 150 valence electrons. The molecule has 8 heteroatoms. The van der Waals surface area contributed by atoms with Crippen LogP contribution in [0.5, 0.6) is 5.75 Å². The first-order chi connectivity index (χ1) is 13.4. The van der Waals surface area contributed by atoms with E-state index in [1.54, 1.807) is 28.9 Å². The normalized spacial score (nSPS) is 10.2. The maximum atomic E-state index is 12.3. The Labute approximate surface area is 164 Å². The molecule has 4 amide bonds. The van der Waals surface area contributed by atoms with E-state index in [2.05, 4.69) is 16.1 Å². The van der Waals surface area contributed by atoms with Gasteiger partial charge in [0.25, 0.3) is 11.8 Å². The van der Waals surface area contributed by atoms with E-state index in [-0.39, 0.29) is 12.5 Å². The van der Waals surface area contributed by atoms with Crippen molar-refractivity contribution in [2.45, 2.75) is 33.6 Å². The standard InChI is InChI=1S/C20H26N4O4/c1-4-5-12-21-20(27)22-18(25)13-28-17-10-8-16(9-11-17)19(26)23-24-14(2)6-7-15(24)3/h6-11H,4-5,12-13H2,1-3H3,(H,23,26)(H2,21,22,25,27). The van der Waals surface area contributed by atoms with Gasteiger partial charge in [0.15, 0.2) is 6.61 Å². The van der Waals surface area contributed by atoms with E-state index in [9.17, 15) is 14.4 Å². The molecule has 0 aliphatic carbocycles. The summed E-state index contributed by atoms with van der Waals surface area (Å²) in [5.74, 6) is -0.378. The number of imide groups is 1. The van der Waals surface area contributed by atoms with Gasteiger partial charge in [-0.25, -0.2) is 4.79 Å². The van der Waals surface area contributed by atoms with Gasteiger partial charge >= 0.3 is 6.03 Å². The molecule has 3 N–H and O–H groups in total. The van der Waals surface area contributed by atoms with Gasteiger partial charge in [-0.15, -0.1) is 0 Å². The first-order valence-electron chi connectivity index (χ1n) is 9.17. The summed E-state index contributed by atoms with van der Waals surface area (Å²) in [4.78, 5) is 35.5. The predicted octanol–water partition coefficient (Wildman–Crippen LogP) is 2.49. The van der Waals surface area contributed by atoms with Crippen LogP contribution in [0, 0.1) is 13.8 Å². The lowest BCUT2D eigenvalue weighted by atomic mass is 10.2. The van der Waals surface area contributed by atoms with Crippen molar-refractivity contribution in [1.82, 2.24) is 15.3 Å². The largest absolute Gasteiger partial charge is 0.484 e. The van der Waals surface area contributed by atoms with E-state index in [1.165, 1.54) is 0 Å². The number of benzene rings is 1. The molecule has 0 radical (unpaired) electrons. The van der Waals surface area contributed by atoms with Crippen molar-refractivity contribution < 1.29 is 19.1 Å². The molecular formula is C20H26N4O4. The third-order valence-electron chi connectivity index (χ3n) is 4.04. The first-order valence-corrected chi connectivity index (χ1v) is 9.17. The Hall–Kier alpha value is -3.29. The van der Waals surface area contributed by atoms with Crippen molar-refractivity contribution in [3.05, 3.63) is 53.3 Å². The molecule has 0 saturated carbocycles. The molecule has 0 unspecified atom stereocenters. The lowest BCUT2D eigenvalue weighted by Crippen LogP contribution is -2.41. The second kappa shape index (κ2) is 10.1. The molecule has 0 saturated heterocycles. The zero-order valence-electron chi connectivity index (χ0n) is 16.4. The summed E-state index contributed by atoms with van der Waals surface area (Å²) in [6.45, 7) is 6.03. The van der Waals surface area contributed by atoms with Gasteiger partial charge in [0.2, 0.25) is 0 Å². The Balaban J connectivity index is 1.81. The third kappa shape index (κ3) is 6.15. The molecule has 0 bridgehead atoms. The number of nitrogens with one attached hydrogen (secondary N) is 3. The van der Waals surface area contributed by atoms with E-state index in [0.29, 0.717) is 17.9 Å². The van der Waals surface area contributed by atoms with Gasteiger partial charge in [-0.1, -0.05) is 13.3 Å². The molecule has 1 aromatic carbocycles. The molecule has 0 atom stereocenters. The van der Waals surface area contributed by atoms with E-state index in [4.69, 9.17) is 4.74 Å². The number of hydrogen-bond donors (Lipinski definition) is 3. The van der Waals surface area contributed by atoms with Gasteiger partial charge in [-0.2, -0.15) is 0 Å². The van der Waals surface area contributed by atoms with Crippen LogP contribution >= 0.6 is 0 Å². The van der Waals surface area contributed by atoms with Gasteiger partial charge in [-0.3, -0.25) is 25.0 Å². The molecule has 2 rings (SSSR count). The molecule has 1 heterocycles. The van der Waals surface area contributed by atoms with E-state index in [0.717, 1.165) is 24.2 Å². The maximum Gasteiger partial charge on any atom is 0.321 e. The minimum Gasteiger partial charge on any atom is -0.484 e. The summed E-state index contributed by atoms with van der Waals surface area (Å²) in [5.41, 5.74) is 5.13. The Bertz CT molecular complexity index is 808. The Kier molecular flexibility index (Phi) is 7.62. The lowest BCUT2D eigenvalue weighted by molar-refractivity contribution is -0.122. The number of carbonyl (C=O) groups is 3. The number of carbonyl (C=O) groups excluding carboxylic acids is 3. The number of urea groups is 1. The number of rotatable bonds is 8. The Morgan fingerprint density at radius 2 is 1.64 bits per heavy atom. The van der Waals surface area contributed by atoms with Crippen LogP contribution in [-0.2, 0) is 4.79 Å². The predicted molar refractivity (Wildman–Crippen MR) is 106 cm³/mol. The van der Waals surface area contributed by atoms with Gasteiger partial charge in [0.05, 0.1) is 0 Å². The van der Waals surface area contributed by atoms with E-state index >= 15 is 0 Å². The maximum absolute atomic E-state index is 12.3. The summed E-state index contributed by atoms with van der Waals surface area (Å²) >= 11 is 0. The quantitative estimate of drug-likeness (QED) is 0.607. The molecule has 0 aliphatic rings. The van der Waals surface area contributed by atoms with Crippen molar-refractivity contribution in [1.29, 1.82) is 0 Å². The van der Waals surface area contributed by atoms with E-state index in [1.807, 2.05) is 32.9 Å². The molecule has 2 aromatic rings. The van der Waals surface area contributed by atoms with Gasteiger partial charge < -0.3 is 10.1 Å². The fourth-order valence-electron chi connectivity index (χ4n) is 2.45. The fourth-order valence-corrected chi connectivity index (χ4v) is 2.45. The average molecular weight is 386 g/mol. The van der Waals surface area contributed by atoms with Crippen molar-refractivity contribution in [2.75, 3.05) is 18.6 Å². The Morgan fingerprint density at radius 1 is 1.00 bits per heavy atom. The van der Waals surface area contributed by atoms with Crippen molar-refractivity contribution >= 4 is 17.8 Å². The summed E-state index contributed by atoms with van der Waals surface area (Å²) < 4.78 is 7.06.